The van der Waals surface area contributed by atoms with Crippen LogP contribution in [-0.4, -0.2) is 17.3 Å². The summed E-state index contributed by atoms with van der Waals surface area (Å²) in [5.74, 6) is 0. The molecule has 0 aliphatic rings. The Kier molecular flexibility index (Phi) is 3.88. The second-order valence-corrected chi connectivity index (χ2v) is 4.10. The van der Waals surface area contributed by atoms with Crippen molar-refractivity contribution in [2.75, 3.05) is 0 Å². The van der Waals surface area contributed by atoms with Crippen LogP contribution in [0.1, 0.15) is 18.1 Å². The Morgan fingerprint density at radius 3 is 1.74 bits per heavy atom. The van der Waals surface area contributed by atoms with Gasteiger partial charge in [-0.05, 0) is 13.0 Å². The van der Waals surface area contributed by atoms with E-state index < -0.39 is 35.1 Å². The molecule has 19 heavy (non-hydrogen) atoms. The first-order chi connectivity index (χ1) is 8.42. The summed E-state index contributed by atoms with van der Waals surface area (Å²) in [4.78, 5) is 0. The number of aliphatic hydroxyl groups is 1. The zero-order chi connectivity index (χ0) is 15.1. The van der Waals surface area contributed by atoms with Gasteiger partial charge in [-0.25, -0.2) is 0 Å². The van der Waals surface area contributed by atoms with E-state index >= 15 is 0 Å². The zero-order valence-electron chi connectivity index (χ0n) is 9.68. The summed E-state index contributed by atoms with van der Waals surface area (Å²) in [7, 11) is 0. The SMILES string of the molecule is CC(N)C(O)(c1ccccc1C(F)(F)F)C(F)(F)F. The molecule has 2 nitrogen and oxygen atoms in total. The highest BCUT2D eigenvalue weighted by Crippen LogP contribution is 2.45. The van der Waals surface area contributed by atoms with Gasteiger partial charge in [-0.3, -0.25) is 0 Å². The molecule has 0 bridgehead atoms. The Hall–Kier alpha value is -1.28. The Morgan fingerprint density at radius 2 is 1.42 bits per heavy atom. The quantitative estimate of drug-likeness (QED) is 0.822. The fourth-order valence-corrected chi connectivity index (χ4v) is 1.72. The number of alkyl halides is 6. The number of benzene rings is 1. The fraction of sp³-hybridized carbons (Fsp3) is 0.455. The van der Waals surface area contributed by atoms with Crippen molar-refractivity contribution in [2.24, 2.45) is 5.73 Å². The van der Waals surface area contributed by atoms with Gasteiger partial charge in [-0.15, -0.1) is 0 Å². The second kappa shape index (κ2) is 4.68. The number of hydrogen-bond donors (Lipinski definition) is 2. The molecule has 2 unspecified atom stereocenters. The van der Waals surface area contributed by atoms with E-state index in [9.17, 15) is 31.4 Å². The minimum Gasteiger partial charge on any atom is -0.375 e. The standard InChI is InChI=1S/C11H11F6NO/c1-6(18)9(19,11(15,16)17)7-4-2-3-5-8(7)10(12,13)14/h2-6,19H,18H2,1H3. The van der Waals surface area contributed by atoms with E-state index in [1.54, 1.807) is 0 Å². The van der Waals surface area contributed by atoms with Gasteiger partial charge in [0.15, 0.2) is 0 Å². The number of rotatable bonds is 2. The predicted molar refractivity (Wildman–Crippen MR) is 55.0 cm³/mol. The van der Waals surface area contributed by atoms with E-state index in [0.29, 0.717) is 12.1 Å². The lowest BCUT2D eigenvalue weighted by Gasteiger charge is -2.35. The van der Waals surface area contributed by atoms with Gasteiger partial charge in [0.25, 0.3) is 0 Å². The monoisotopic (exact) mass is 287 g/mol. The third-order valence-electron chi connectivity index (χ3n) is 2.73. The molecule has 2 atom stereocenters. The summed E-state index contributed by atoms with van der Waals surface area (Å²) in [6.07, 6.45) is -10.4. The maximum absolute atomic E-state index is 12.9. The topological polar surface area (TPSA) is 46.2 Å². The molecule has 0 saturated heterocycles. The van der Waals surface area contributed by atoms with Crippen molar-refractivity contribution in [3.8, 4) is 0 Å². The van der Waals surface area contributed by atoms with Crippen LogP contribution in [0.4, 0.5) is 26.3 Å². The molecule has 0 heterocycles. The number of nitrogens with two attached hydrogens (primary N) is 1. The van der Waals surface area contributed by atoms with Crippen LogP contribution in [0.5, 0.6) is 0 Å². The Balaban J connectivity index is 3.59. The first-order valence-electron chi connectivity index (χ1n) is 5.13. The van der Waals surface area contributed by atoms with Crippen LogP contribution in [0.15, 0.2) is 24.3 Å². The highest BCUT2D eigenvalue weighted by atomic mass is 19.4. The van der Waals surface area contributed by atoms with Crippen LogP contribution >= 0.6 is 0 Å². The van der Waals surface area contributed by atoms with E-state index in [-0.39, 0.29) is 0 Å². The molecule has 3 N–H and O–H groups in total. The zero-order valence-corrected chi connectivity index (χ0v) is 9.68. The van der Waals surface area contributed by atoms with Crippen LogP contribution in [-0.2, 0) is 11.8 Å². The molecule has 0 aromatic heterocycles. The summed E-state index contributed by atoms with van der Waals surface area (Å²) in [6.45, 7) is 0.792. The fourth-order valence-electron chi connectivity index (χ4n) is 1.72. The molecule has 0 amide bonds. The lowest BCUT2D eigenvalue weighted by molar-refractivity contribution is -0.274. The molecular weight excluding hydrogens is 276 g/mol. The summed E-state index contributed by atoms with van der Waals surface area (Å²) >= 11 is 0. The molecular formula is C11H11F6NO. The maximum Gasteiger partial charge on any atom is 0.423 e. The number of halogens is 6. The molecule has 8 heteroatoms. The predicted octanol–water partition coefficient (Wildman–Crippen LogP) is 2.80. The van der Waals surface area contributed by atoms with Gasteiger partial charge in [-0.2, -0.15) is 26.3 Å². The Morgan fingerprint density at radius 1 is 1.00 bits per heavy atom. The average Bonchev–Trinajstić information content (AvgIpc) is 2.25. The molecule has 1 aromatic rings. The maximum atomic E-state index is 12.9. The molecule has 0 aliphatic heterocycles. The molecule has 0 spiro atoms. The molecule has 0 radical (unpaired) electrons. The molecule has 0 saturated carbocycles. The highest BCUT2D eigenvalue weighted by Gasteiger charge is 2.59. The molecule has 0 aliphatic carbocycles. The lowest BCUT2D eigenvalue weighted by Crippen LogP contribution is -2.55. The normalized spacial score (nSPS) is 17.9. The van der Waals surface area contributed by atoms with Crippen molar-refractivity contribution in [3.63, 3.8) is 0 Å². The smallest absolute Gasteiger partial charge is 0.375 e. The third-order valence-corrected chi connectivity index (χ3v) is 2.73. The van der Waals surface area contributed by atoms with E-state index in [2.05, 4.69) is 0 Å². The first kappa shape index (κ1) is 15.8. The summed E-state index contributed by atoms with van der Waals surface area (Å²) in [5, 5.41) is 9.69. The van der Waals surface area contributed by atoms with Gasteiger partial charge in [-0.1, -0.05) is 18.2 Å². The third kappa shape index (κ3) is 2.69. The van der Waals surface area contributed by atoms with Gasteiger partial charge >= 0.3 is 12.4 Å². The molecule has 0 fully saturated rings. The van der Waals surface area contributed by atoms with E-state index in [1.807, 2.05) is 0 Å². The van der Waals surface area contributed by atoms with Crippen molar-refractivity contribution < 1.29 is 31.4 Å². The largest absolute Gasteiger partial charge is 0.423 e. The van der Waals surface area contributed by atoms with Crippen LogP contribution < -0.4 is 5.73 Å². The minimum atomic E-state index is -5.33. The van der Waals surface area contributed by atoms with Gasteiger partial charge in [0.2, 0.25) is 5.60 Å². The van der Waals surface area contributed by atoms with Crippen molar-refractivity contribution in [1.82, 2.24) is 0 Å². The van der Waals surface area contributed by atoms with Gasteiger partial charge in [0, 0.05) is 11.6 Å². The second-order valence-electron chi connectivity index (χ2n) is 4.10. The van der Waals surface area contributed by atoms with Crippen molar-refractivity contribution >= 4 is 0 Å². The van der Waals surface area contributed by atoms with Gasteiger partial charge < -0.3 is 10.8 Å². The van der Waals surface area contributed by atoms with Crippen molar-refractivity contribution in [2.45, 2.75) is 30.9 Å². The Bertz CT molecular complexity index is 453. The van der Waals surface area contributed by atoms with E-state index in [0.717, 1.165) is 19.1 Å². The van der Waals surface area contributed by atoms with Gasteiger partial charge in [0.05, 0.1) is 5.56 Å². The van der Waals surface area contributed by atoms with Crippen LogP contribution in [0.2, 0.25) is 0 Å². The molecule has 1 aromatic carbocycles. The van der Waals surface area contributed by atoms with E-state index in [1.165, 1.54) is 0 Å². The first-order valence-corrected chi connectivity index (χ1v) is 5.13. The number of hydrogen-bond acceptors (Lipinski definition) is 2. The van der Waals surface area contributed by atoms with Crippen molar-refractivity contribution in [3.05, 3.63) is 35.4 Å². The van der Waals surface area contributed by atoms with E-state index in [4.69, 9.17) is 5.73 Å². The molecule has 108 valence electrons. The summed E-state index contributed by atoms with van der Waals surface area (Å²) < 4.78 is 76.9. The van der Waals surface area contributed by atoms with Crippen LogP contribution in [0.3, 0.4) is 0 Å². The summed E-state index contributed by atoms with van der Waals surface area (Å²) in [6, 6.07) is 0.984. The lowest BCUT2D eigenvalue weighted by atomic mass is 9.83. The van der Waals surface area contributed by atoms with Crippen molar-refractivity contribution in [1.29, 1.82) is 0 Å². The molecule has 1 rings (SSSR count). The van der Waals surface area contributed by atoms with Crippen LogP contribution in [0.25, 0.3) is 0 Å². The highest BCUT2D eigenvalue weighted by molar-refractivity contribution is 5.37. The minimum absolute atomic E-state index is 0.467. The van der Waals surface area contributed by atoms with Gasteiger partial charge in [0.1, 0.15) is 0 Å². The average molecular weight is 287 g/mol. The Labute approximate surface area is 104 Å². The van der Waals surface area contributed by atoms with Crippen LogP contribution in [0, 0.1) is 0 Å². The summed E-state index contributed by atoms with van der Waals surface area (Å²) in [5.41, 5.74) is -1.56.